The molecule has 1 aliphatic heterocycles. The lowest BCUT2D eigenvalue weighted by Gasteiger charge is -2.33. The topological polar surface area (TPSA) is 99.9 Å². The Labute approximate surface area is 150 Å². The predicted octanol–water partition coefficient (Wildman–Crippen LogP) is 3.24. The molecular weight excluding hydrogens is 336 g/mol. The molecule has 2 amide bonds. The quantitative estimate of drug-likeness (QED) is 0.876. The molecule has 0 aliphatic carbocycles. The van der Waals surface area contributed by atoms with Gasteiger partial charge in [0.25, 0.3) is 11.8 Å². The van der Waals surface area contributed by atoms with Gasteiger partial charge < -0.3 is 19.7 Å². The maximum absolute atomic E-state index is 12.6. The van der Waals surface area contributed by atoms with Gasteiger partial charge in [-0.25, -0.2) is 4.79 Å². The van der Waals surface area contributed by atoms with Crippen molar-refractivity contribution in [2.45, 2.75) is 32.2 Å². The van der Waals surface area contributed by atoms with Crippen LogP contribution in [0.25, 0.3) is 0 Å². The van der Waals surface area contributed by atoms with E-state index in [2.05, 4.69) is 12.2 Å². The fourth-order valence-corrected chi connectivity index (χ4v) is 3.03. The summed E-state index contributed by atoms with van der Waals surface area (Å²) < 4.78 is 4.96. The Morgan fingerprint density at radius 3 is 2.38 bits per heavy atom. The molecule has 7 nitrogen and oxygen atoms in total. The number of nitrogens with one attached hydrogen (secondary N) is 1. The van der Waals surface area contributed by atoms with Crippen LogP contribution in [0.1, 0.15) is 57.7 Å². The number of piperidine rings is 1. The number of amides is 2. The number of carboxylic acid groups (broad SMARTS) is 1. The number of carbonyl (C=O) groups excluding carboxylic acids is 2. The molecular formula is C19H20N2O5. The Morgan fingerprint density at radius 1 is 1.08 bits per heavy atom. The van der Waals surface area contributed by atoms with Crippen LogP contribution in [0.5, 0.6) is 0 Å². The zero-order chi connectivity index (χ0) is 18.7. The lowest BCUT2D eigenvalue weighted by molar-refractivity contribution is 0.0632. The van der Waals surface area contributed by atoms with Crippen molar-refractivity contribution >= 4 is 23.5 Å². The van der Waals surface area contributed by atoms with E-state index in [9.17, 15) is 14.4 Å². The number of carbonyl (C=O) groups is 3. The molecule has 2 N–H and O–H groups in total. The summed E-state index contributed by atoms with van der Waals surface area (Å²) in [7, 11) is 0. The molecule has 1 aromatic carbocycles. The minimum atomic E-state index is -1.24. The van der Waals surface area contributed by atoms with E-state index in [0.717, 1.165) is 25.8 Å². The van der Waals surface area contributed by atoms with Crippen molar-refractivity contribution in [1.82, 2.24) is 4.90 Å². The molecule has 136 valence electrons. The van der Waals surface area contributed by atoms with Crippen molar-refractivity contribution in [1.29, 1.82) is 0 Å². The van der Waals surface area contributed by atoms with Crippen LogP contribution in [0.2, 0.25) is 0 Å². The minimum absolute atomic E-state index is 0.00721. The van der Waals surface area contributed by atoms with Crippen molar-refractivity contribution in [2.24, 2.45) is 0 Å². The van der Waals surface area contributed by atoms with E-state index in [-0.39, 0.29) is 23.5 Å². The molecule has 2 heterocycles. The number of nitrogens with zero attached hydrogens (tertiary/aromatic N) is 1. The standard InChI is InChI=1S/C19H20N2O5/c1-12-4-2-3-11-21(12)18(23)13-5-7-14(8-6-13)20-17(22)15-9-10-16(26-15)19(24)25/h5-10,12H,2-4,11H2,1H3,(H,20,22)(H,24,25). The van der Waals surface area contributed by atoms with Gasteiger partial charge in [-0.15, -0.1) is 0 Å². The van der Waals surface area contributed by atoms with E-state index in [0.29, 0.717) is 11.3 Å². The highest BCUT2D eigenvalue weighted by atomic mass is 16.4. The van der Waals surface area contributed by atoms with Crippen LogP contribution in [-0.4, -0.2) is 40.4 Å². The second-order valence-corrected chi connectivity index (χ2v) is 6.34. The van der Waals surface area contributed by atoms with Gasteiger partial charge in [0.1, 0.15) is 0 Å². The van der Waals surface area contributed by atoms with E-state index < -0.39 is 11.9 Å². The molecule has 1 unspecified atom stereocenters. The minimum Gasteiger partial charge on any atom is -0.475 e. The Kier molecular flexibility index (Phi) is 5.06. The van der Waals surface area contributed by atoms with Crippen LogP contribution >= 0.6 is 0 Å². The third-order valence-electron chi connectivity index (χ3n) is 4.49. The summed E-state index contributed by atoms with van der Waals surface area (Å²) >= 11 is 0. The zero-order valence-corrected chi connectivity index (χ0v) is 14.4. The molecule has 0 bridgehead atoms. The molecule has 1 atom stereocenters. The van der Waals surface area contributed by atoms with Crippen molar-refractivity contribution in [3.63, 3.8) is 0 Å². The fraction of sp³-hybridized carbons (Fsp3) is 0.316. The summed E-state index contributed by atoms with van der Waals surface area (Å²) in [5.74, 6) is -2.19. The lowest BCUT2D eigenvalue weighted by atomic mass is 10.0. The Bertz CT molecular complexity index is 825. The van der Waals surface area contributed by atoms with E-state index in [1.165, 1.54) is 12.1 Å². The number of hydrogen-bond donors (Lipinski definition) is 2. The average Bonchev–Trinajstić information content (AvgIpc) is 3.13. The number of aromatic carboxylic acids is 1. The van der Waals surface area contributed by atoms with Crippen LogP contribution < -0.4 is 5.32 Å². The number of anilines is 1. The van der Waals surface area contributed by atoms with Crippen LogP contribution in [0.3, 0.4) is 0 Å². The molecule has 0 spiro atoms. The Morgan fingerprint density at radius 2 is 1.77 bits per heavy atom. The smallest absolute Gasteiger partial charge is 0.371 e. The van der Waals surface area contributed by atoms with Gasteiger partial charge in [-0.05, 0) is 62.6 Å². The van der Waals surface area contributed by atoms with Crippen LogP contribution in [0, 0.1) is 0 Å². The summed E-state index contributed by atoms with van der Waals surface area (Å²) in [5, 5.41) is 11.4. The SMILES string of the molecule is CC1CCCCN1C(=O)c1ccc(NC(=O)c2ccc(C(=O)O)o2)cc1. The summed E-state index contributed by atoms with van der Waals surface area (Å²) in [6.45, 7) is 2.82. The largest absolute Gasteiger partial charge is 0.475 e. The van der Waals surface area contributed by atoms with E-state index >= 15 is 0 Å². The third kappa shape index (κ3) is 3.77. The molecule has 3 rings (SSSR count). The molecule has 2 aromatic rings. The van der Waals surface area contributed by atoms with E-state index in [1.807, 2.05) is 4.90 Å². The maximum atomic E-state index is 12.6. The molecule has 1 aliphatic rings. The highest BCUT2D eigenvalue weighted by molar-refractivity contribution is 6.03. The molecule has 1 aromatic heterocycles. The first-order valence-corrected chi connectivity index (χ1v) is 8.51. The van der Waals surface area contributed by atoms with Gasteiger partial charge in [-0.1, -0.05) is 0 Å². The number of furan rings is 1. The van der Waals surface area contributed by atoms with Crippen LogP contribution in [0.15, 0.2) is 40.8 Å². The van der Waals surface area contributed by atoms with Gasteiger partial charge in [-0.2, -0.15) is 0 Å². The summed E-state index contributed by atoms with van der Waals surface area (Å²) in [6.07, 6.45) is 3.18. The van der Waals surface area contributed by atoms with E-state index in [1.54, 1.807) is 24.3 Å². The highest BCUT2D eigenvalue weighted by Crippen LogP contribution is 2.20. The maximum Gasteiger partial charge on any atom is 0.371 e. The molecule has 26 heavy (non-hydrogen) atoms. The van der Waals surface area contributed by atoms with Crippen molar-refractivity contribution in [3.05, 3.63) is 53.5 Å². The second-order valence-electron chi connectivity index (χ2n) is 6.34. The first-order chi connectivity index (χ1) is 12.5. The summed E-state index contributed by atoms with van der Waals surface area (Å²) in [5.41, 5.74) is 1.06. The molecule has 7 heteroatoms. The van der Waals surface area contributed by atoms with Gasteiger partial charge in [0, 0.05) is 23.8 Å². The number of likely N-dealkylation sites (tertiary alicyclic amines) is 1. The second kappa shape index (κ2) is 7.43. The van der Waals surface area contributed by atoms with Gasteiger partial charge in [0.05, 0.1) is 0 Å². The van der Waals surface area contributed by atoms with Gasteiger partial charge in [0.15, 0.2) is 5.76 Å². The van der Waals surface area contributed by atoms with Gasteiger partial charge in [-0.3, -0.25) is 9.59 Å². The van der Waals surface area contributed by atoms with Gasteiger partial charge in [0.2, 0.25) is 5.76 Å². The Balaban J connectivity index is 1.66. The number of carboxylic acids is 1. The van der Waals surface area contributed by atoms with Gasteiger partial charge >= 0.3 is 5.97 Å². The molecule has 0 radical (unpaired) electrons. The van der Waals surface area contributed by atoms with Crippen molar-refractivity contribution in [2.75, 3.05) is 11.9 Å². The third-order valence-corrected chi connectivity index (χ3v) is 4.49. The monoisotopic (exact) mass is 356 g/mol. The number of hydrogen-bond acceptors (Lipinski definition) is 4. The molecule has 0 saturated carbocycles. The van der Waals surface area contributed by atoms with E-state index in [4.69, 9.17) is 9.52 Å². The van der Waals surface area contributed by atoms with Crippen LogP contribution in [0.4, 0.5) is 5.69 Å². The normalized spacial score (nSPS) is 17.0. The number of benzene rings is 1. The first-order valence-electron chi connectivity index (χ1n) is 8.51. The van der Waals surface area contributed by atoms with Crippen molar-refractivity contribution < 1.29 is 23.9 Å². The molecule has 1 saturated heterocycles. The lowest BCUT2D eigenvalue weighted by Crippen LogP contribution is -2.42. The summed E-state index contributed by atoms with van der Waals surface area (Å²) in [6, 6.07) is 9.38. The van der Waals surface area contributed by atoms with Crippen molar-refractivity contribution in [3.8, 4) is 0 Å². The average molecular weight is 356 g/mol. The zero-order valence-electron chi connectivity index (χ0n) is 14.4. The number of rotatable bonds is 4. The first kappa shape index (κ1) is 17.7. The highest BCUT2D eigenvalue weighted by Gasteiger charge is 2.24. The van der Waals surface area contributed by atoms with Crippen LogP contribution in [-0.2, 0) is 0 Å². The molecule has 1 fully saturated rings. The predicted molar refractivity (Wildman–Crippen MR) is 94.4 cm³/mol. The fourth-order valence-electron chi connectivity index (χ4n) is 3.03. The Hall–Kier alpha value is -3.09. The summed E-state index contributed by atoms with van der Waals surface area (Å²) in [4.78, 5) is 37.4.